The highest BCUT2D eigenvalue weighted by Gasteiger charge is 2.10. The first-order valence-corrected chi connectivity index (χ1v) is 5.83. The Morgan fingerprint density at radius 3 is 2.57 bits per heavy atom. The van der Waals surface area contributed by atoms with Crippen LogP contribution in [0.25, 0.3) is 0 Å². The zero-order valence-corrected chi connectivity index (χ0v) is 11.1. The van der Waals surface area contributed by atoms with Gasteiger partial charge in [0.05, 0.1) is 16.1 Å². The molecule has 0 radical (unpaired) electrons. The summed E-state index contributed by atoms with van der Waals surface area (Å²) in [4.78, 5) is 0. The van der Waals surface area contributed by atoms with Gasteiger partial charge in [-0.15, -0.1) is 0 Å². The van der Waals surface area contributed by atoms with Crippen LogP contribution in [0, 0.1) is 5.92 Å². The fraction of sp³-hybridized carbons (Fsp3) is 0.400. The van der Waals surface area contributed by atoms with Gasteiger partial charge in [0.1, 0.15) is 5.02 Å². The quantitative estimate of drug-likeness (QED) is 0.729. The Hall–Kier alpha value is 0.0800. The van der Waals surface area contributed by atoms with Gasteiger partial charge in [-0.05, 0) is 34.0 Å². The van der Waals surface area contributed by atoms with Crippen molar-refractivity contribution in [2.75, 3.05) is 6.61 Å². The number of hydrogen-bond donors (Lipinski definition) is 0. The lowest BCUT2D eigenvalue weighted by Crippen LogP contribution is -2.05. The lowest BCUT2D eigenvalue weighted by atomic mass is 10.2. The molecule has 0 spiro atoms. The van der Waals surface area contributed by atoms with Gasteiger partial charge in [-0.3, -0.25) is 0 Å². The summed E-state index contributed by atoms with van der Waals surface area (Å²) in [5, 5.41) is 0.968. The summed E-state index contributed by atoms with van der Waals surface area (Å²) < 4.78 is 6.37. The van der Waals surface area contributed by atoms with Gasteiger partial charge in [0.2, 0.25) is 0 Å². The van der Waals surface area contributed by atoms with Crippen LogP contribution >= 0.6 is 39.1 Å². The molecule has 0 aliphatic carbocycles. The molecule has 1 aromatic carbocycles. The maximum Gasteiger partial charge on any atom is 0.153 e. The molecule has 0 aliphatic heterocycles. The van der Waals surface area contributed by atoms with E-state index in [1.807, 2.05) is 6.07 Å². The lowest BCUT2D eigenvalue weighted by molar-refractivity contribution is 0.269. The Morgan fingerprint density at radius 1 is 1.36 bits per heavy atom. The van der Waals surface area contributed by atoms with Gasteiger partial charge in [0, 0.05) is 0 Å². The third kappa shape index (κ3) is 3.04. The van der Waals surface area contributed by atoms with E-state index in [2.05, 4.69) is 29.8 Å². The van der Waals surface area contributed by atoms with Crippen LogP contribution in [-0.4, -0.2) is 6.61 Å². The van der Waals surface area contributed by atoms with Crippen molar-refractivity contribution < 1.29 is 4.74 Å². The Balaban J connectivity index is 2.89. The first-order valence-electron chi connectivity index (χ1n) is 4.28. The summed E-state index contributed by atoms with van der Waals surface area (Å²) in [6, 6.07) is 3.56. The molecule has 4 heteroatoms. The van der Waals surface area contributed by atoms with Gasteiger partial charge in [0.15, 0.2) is 5.75 Å². The van der Waals surface area contributed by atoms with Gasteiger partial charge in [-0.2, -0.15) is 0 Å². The maximum atomic E-state index is 6.00. The van der Waals surface area contributed by atoms with E-state index in [1.165, 1.54) is 0 Å². The molecule has 0 aliphatic rings. The highest BCUT2D eigenvalue weighted by molar-refractivity contribution is 9.10. The Morgan fingerprint density at radius 2 is 2.00 bits per heavy atom. The standard InChI is InChI=1S/C10H11BrCl2O/c1-6(2)5-14-10-7(11)3-4-8(12)9(10)13/h3-4,6H,5H2,1-2H3. The van der Waals surface area contributed by atoms with Crippen molar-refractivity contribution in [2.45, 2.75) is 13.8 Å². The minimum atomic E-state index is 0.456. The second-order valence-electron chi connectivity index (χ2n) is 3.38. The van der Waals surface area contributed by atoms with Crippen LogP contribution in [0.15, 0.2) is 16.6 Å². The molecule has 0 atom stereocenters. The molecular weight excluding hydrogens is 287 g/mol. The van der Waals surface area contributed by atoms with Crippen LogP contribution in [-0.2, 0) is 0 Å². The summed E-state index contributed by atoms with van der Waals surface area (Å²) in [6.07, 6.45) is 0. The van der Waals surface area contributed by atoms with Crippen LogP contribution in [0.2, 0.25) is 10.0 Å². The van der Waals surface area contributed by atoms with Crippen molar-refractivity contribution in [1.82, 2.24) is 0 Å². The molecule has 0 unspecified atom stereocenters. The van der Waals surface area contributed by atoms with E-state index in [0.29, 0.717) is 28.3 Å². The molecule has 1 aromatic rings. The molecular formula is C10H11BrCl2O. The normalized spacial score (nSPS) is 10.7. The predicted molar refractivity (Wildman–Crippen MR) is 64.5 cm³/mol. The van der Waals surface area contributed by atoms with E-state index < -0.39 is 0 Å². The third-order valence-corrected chi connectivity index (χ3v) is 2.97. The molecule has 1 nitrogen and oxygen atoms in total. The molecule has 0 heterocycles. The SMILES string of the molecule is CC(C)COc1c(Br)ccc(Cl)c1Cl. The van der Waals surface area contributed by atoms with E-state index in [4.69, 9.17) is 27.9 Å². The number of rotatable bonds is 3. The fourth-order valence-corrected chi connectivity index (χ4v) is 1.82. The fourth-order valence-electron chi connectivity index (χ4n) is 0.891. The highest BCUT2D eigenvalue weighted by atomic mass is 79.9. The minimum Gasteiger partial charge on any atom is -0.491 e. The van der Waals surface area contributed by atoms with E-state index in [9.17, 15) is 0 Å². The molecule has 0 N–H and O–H groups in total. The van der Waals surface area contributed by atoms with Crippen molar-refractivity contribution >= 4 is 39.1 Å². The predicted octanol–water partition coefficient (Wildman–Crippen LogP) is 4.79. The minimum absolute atomic E-state index is 0.456. The number of hydrogen-bond acceptors (Lipinski definition) is 1. The second kappa shape index (κ2) is 5.24. The average molecular weight is 298 g/mol. The van der Waals surface area contributed by atoms with Crippen LogP contribution < -0.4 is 4.74 Å². The van der Waals surface area contributed by atoms with Gasteiger partial charge in [-0.1, -0.05) is 37.0 Å². The van der Waals surface area contributed by atoms with E-state index in [-0.39, 0.29) is 0 Å². The first-order chi connectivity index (χ1) is 6.52. The molecule has 0 aromatic heterocycles. The monoisotopic (exact) mass is 296 g/mol. The Labute approximate surface area is 102 Å². The molecule has 1 rings (SSSR count). The zero-order valence-electron chi connectivity index (χ0n) is 7.98. The molecule has 0 saturated heterocycles. The Kier molecular flexibility index (Phi) is 4.55. The molecule has 0 saturated carbocycles. The zero-order chi connectivity index (χ0) is 10.7. The smallest absolute Gasteiger partial charge is 0.153 e. The van der Waals surface area contributed by atoms with Crippen molar-refractivity contribution in [3.8, 4) is 5.75 Å². The lowest BCUT2D eigenvalue weighted by Gasteiger charge is -2.12. The molecule has 0 fully saturated rings. The average Bonchev–Trinajstić information content (AvgIpc) is 2.11. The van der Waals surface area contributed by atoms with Gasteiger partial charge in [0.25, 0.3) is 0 Å². The number of benzene rings is 1. The topological polar surface area (TPSA) is 9.23 Å². The van der Waals surface area contributed by atoms with Gasteiger partial charge >= 0.3 is 0 Å². The summed E-state index contributed by atoms with van der Waals surface area (Å²) >= 11 is 15.2. The molecule has 14 heavy (non-hydrogen) atoms. The van der Waals surface area contributed by atoms with Crippen molar-refractivity contribution in [2.24, 2.45) is 5.92 Å². The summed E-state index contributed by atoms with van der Waals surface area (Å²) in [7, 11) is 0. The molecule has 78 valence electrons. The number of ether oxygens (including phenoxy) is 1. The van der Waals surface area contributed by atoms with Crippen molar-refractivity contribution in [3.63, 3.8) is 0 Å². The summed E-state index contributed by atoms with van der Waals surface area (Å²) in [6.45, 7) is 4.78. The number of halogens is 3. The maximum absolute atomic E-state index is 6.00. The molecule has 0 amide bonds. The van der Waals surface area contributed by atoms with Crippen LogP contribution in [0.5, 0.6) is 5.75 Å². The van der Waals surface area contributed by atoms with Crippen LogP contribution in [0.4, 0.5) is 0 Å². The van der Waals surface area contributed by atoms with Gasteiger partial charge < -0.3 is 4.74 Å². The van der Waals surface area contributed by atoms with Gasteiger partial charge in [-0.25, -0.2) is 0 Å². The highest BCUT2D eigenvalue weighted by Crippen LogP contribution is 2.38. The van der Waals surface area contributed by atoms with Crippen molar-refractivity contribution in [1.29, 1.82) is 0 Å². The third-order valence-electron chi connectivity index (χ3n) is 1.56. The first kappa shape index (κ1) is 12.2. The van der Waals surface area contributed by atoms with Crippen LogP contribution in [0.1, 0.15) is 13.8 Å². The molecule has 0 bridgehead atoms. The van der Waals surface area contributed by atoms with Crippen molar-refractivity contribution in [3.05, 3.63) is 26.7 Å². The van der Waals surface area contributed by atoms with E-state index in [0.717, 1.165) is 4.47 Å². The second-order valence-corrected chi connectivity index (χ2v) is 5.02. The largest absolute Gasteiger partial charge is 0.491 e. The van der Waals surface area contributed by atoms with Crippen LogP contribution in [0.3, 0.4) is 0 Å². The summed E-state index contributed by atoms with van der Waals surface area (Å²) in [5.74, 6) is 1.07. The Bertz CT molecular complexity index is 326. The van der Waals surface area contributed by atoms with E-state index >= 15 is 0 Å². The summed E-state index contributed by atoms with van der Waals surface area (Å²) in [5.41, 5.74) is 0. The van der Waals surface area contributed by atoms with E-state index in [1.54, 1.807) is 6.07 Å².